The lowest BCUT2D eigenvalue weighted by Crippen LogP contribution is -2.10. The van der Waals surface area contributed by atoms with E-state index in [2.05, 4.69) is 9.55 Å². The summed E-state index contributed by atoms with van der Waals surface area (Å²) in [6.07, 6.45) is 6.05. The molecule has 1 aliphatic carbocycles. The first kappa shape index (κ1) is 13.1. The molecular formula is C15H18FN3O. The van der Waals surface area contributed by atoms with Crippen LogP contribution in [-0.2, 0) is 6.61 Å². The van der Waals surface area contributed by atoms with Gasteiger partial charge in [0.25, 0.3) is 0 Å². The molecule has 2 aromatic rings. The number of benzene rings is 1. The van der Waals surface area contributed by atoms with Crippen molar-refractivity contribution < 1.29 is 9.13 Å². The van der Waals surface area contributed by atoms with E-state index in [1.165, 1.54) is 25.0 Å². The molecule has 1 aliphatic rings. The molecule has 1 atom stereocenters. The van der Waals surface area contributed by atoms with Crippen LogP contribution < -0.4 is 10.5 Å². The third-order valence-electron chi connectivity index (χ3n) is 3.52. The Kier molecular flexibility index (Phi) is 3.44. The van der Waals surface area contributed by atoms with Gasteiger partial charge in [-0.2, -0.15) is 0 Å². The van der Waals surface area contributed by atoms with Crippen LogP contribution in [0.15, 0.2) is 30.7 Å². The van der Waals surface area contributed by atoms with Gasteiger partial charge in [-0.15, -0.1) is 0 Å². The van der Waals surface area contributed by atoms with Gasteiger partial charge in [0.15, 0.2) is 0 Å². The molecule has 0 saturated heterocycles. The lowest BCUT2D eigenvalue weighted by atomic mass is 10.1. The van der Waals surface area contributed by atoms with Gasteiger partial charge in [-0.3, -0.25) is 0 Å². The Hall–Kier alpha value is -1.88. The summed E-state index contributed by atoms with van der Waals surface area (Å²) in [6, 6.07) is 4.75. The highest BCUT2D eigenvalue weighted by Crippen LogP contribution is 2.36. The summed E-state index contributed by atoms with van der Waals surface area (Å²) in [6.45, 7) is 2.23. The van der Waals surface area contributed by atoms with E-state index in [9.17, 15) is 4.39 Å². The second-order valence-electron chi connectivity index (χ2n) is 5.28. The maximum atomic E-state index is 13.3. The molecule has 0 radical (unpaired) electrons. The number of nitrogens with two attached hydrogens (primary N) is 1. The van der Waals surface area contributed by atoms with Crippen molar-refractivity contribution in [2.45, 2.75) is 38.5 Å². The van der Waals surface area contributed by atoms with Crippen molar-refractivity contribution in [3.05, 3.63) is 47.8 Å². The van der Waals surface area contributed by atoms with Crippen LogP contribution in [0.1, 0.15) is 43.1 Å². The van der Waals surface area contributed by atoms with Crippen LogP contribution in [0.25, 0.3) is 0 Å². The van der Waals surface area contributed by atoms with Gasteiger partial charge in [0.05, 0.1) is 18.2 Å². The quantitative estimate of drug-likeness (QED) is 0.912. The second kappa shape index (κ2) is 5.25. The summed E-state index contributed by atoms with van der Waals surface area (Å²) in [5.74, 6) is 0.331. The molecular weight excluding hydrogens is 257 g/mol. The Morgan fingerprint density at radius 3 is 3.00 bits per heavy atom. The van der Waals surface area contributed by atoms with Gasteiger partial charge in [-0.05, 0) is 38.0 Å². The SMILES string of the molecule is CC(N)c1cc(F)ccc1OCc1cncn1C1CC1. The van der Waals surface area contributed by atoms with Crippen LogP contribution >= 0.6 is 0 Å². The fourth-order valence-electron chi connectivity index (χ4n) is 2.28. The molecule has 0 aliphatic heterocycles. The molecule has 3 rings (SSSR count). The summed E-state index contributed by atoms with van der Waals surface area (Å²) in [7, 11) is 0. The normalized spacial score (nSPS) is 16.1. The molecule has 1 saturated carbocycles. The molecule has 0 spiro atoms. The highest BCUT2D eigenvalue weighted by Gasteiger charge is 2.25. The van der Waals surface area contributed by atoms with E-state index >= 15 is 0 Å². The molecule has 4 nitrogen and oxygen atoms in total. The molecule has 1 aromatic heterocycles. The van der Waals surface area contributed by atoms with Crippen LogP contribution in [0.4, 0.5) is 4.39 Å². The summed E-state index contributed by atoms with van der Waals surface area (Å²) < 4.78 is 21.2. The van der Waals surface area contributed by atoms with Crippen LogP contribution in [-0.4, -0.2) is 9.55 Å². The van der Waals surface area contributed by atoms with Crippen molar-refractivity contribution >= 4 is 0 Å². The third-order valence-corrected chi connectivity index (χ3v) is 3.52. The molecule has 20 heavy (non-hydrogen) atoms. The summed E-state index contributed by atoms with van der Waals surface area (Å²) >= 11 is 0. The van der Waals surface area contributed by atoms with E-state index in [1.807, 2.05) is 19.4 Å². The van der Waals surface area contributed by atoms with Crippen molar-refractivity contribution in [1.82, 2.24) is 9.55 Å². The molecule has 1 fully saturated rings. The Labute approximate surface area is 117 Å². The summed E-state index contributed by atoms with van der Waals surface area (Å²) in [5, 5.41) is 0. The maximum absolute atomic E-state index is 13.3. The highest BCUT2D eigenvalue weighted by molar-refractivity contribution is 5.36. The Bertz CT molecular complexity index is 605. The number of aromatic nitrogens is 2. The van der Waals surface area contributed by atoms with Crippen molar-refractivity contribution in [2.75, 3.05) is 0 Å². The minimum absolute atomic E-state index is 0.269. The average Bonchev–Trinajstić information content (AvgIpc) is 3.16. The predicted molar refractivity (Wildman–Crippen MR) is 73.8 cm³/mol. The van der Waals surface area contributed by atoms with Gasteiger partial charge in [0, 0.05) is 17.6 Å². The Morgan fingerprint density at radius 2 is 2.30 bits per heavy atom. The zero-order valence-corrected chi connectivity index (χ0v) is 11.4. The van der Waals surface area contributed by atoms with Crippen molar-refractivity contribution in [3.8, 4) is 5.75 Å². The first-order chi connectivity index (χ1) is 9.65. The standard InChI is InChI=1S/C15H18FN3O/c1-10(17)14-6-11(16)2-5-15(14)20-8-13-7-18-9-19(13)12-3-4-12/h2,5-7,9-10,12H,3-4,8,17H2,1H3. The van der Waals surface area contributed by atoms with Gasteiger partial charge >= 0.3 is 0 Å². The van der Waals surface area contributed by atoms with Crippen LogP contribution in [0, 0.1) is 5.82 Å². The number of nitrogens with zero attached hydrogens (tertiary/aromatic N) is 2. The van der Waals surface area contributed by atoms with Gasteiger partial charge in [-0.1, -0.05) is 0 Å². The van der Waals surface area contributed by atoms with Gasteiger partial charge in [-0.25, -0.2) is 9.37 Å². The third kappa shape index (κ3) is 2.67. The maximum Gasteiger partial charge on any atom is 0.130 e. The molecule has 1 aromatic carbocycles. The predicted octanol–water partition coefficient (Wildman–Crippen LogP) is 2.96. The topological polar surface area (TPSA) is 53.1 Å². The molecule has 2 N–H and O–H groups in total. The molecule has 1 unspecified atom stereocenters. The molecule has 1 heterocycles. The van der Waals surface area contributed by atoms with Crippen molar-refractivity contribution in [2.24, 2.45) is 5.73 Å². The van der Waals surface area contributed by atoms with E-state index in [1.54, 1.807) is 6.07 Å². The van der Waals surface area contributed by atoms with Crippen LogP contribution in [0.5, 0.6) is 5.75 Å². The van der Waals surface area contributed by atoms with Gasteiger partial charge in [0.2, 0.25) is 0 Å². The number of halogens is 1. The first-order valence-corrected chi connectivity index (χ1v) is 6.83. The minimum atomic E-state index is -0.298. The largest absolute Gasteiger partial charge is 0.487 e. The van der Waals surface area contributed by atoms with E-state index < -0.39 is 0 Å². The van der Waals surface area contributed by atoms with E-state index in [4.69, 9.17) is 10.5 Å². The Morgan fingerprint density at radius 1 is 1.50 bits per heavy atom. The number of hydrogen-bond acceptors (Lipinski definition) is 3. The van der Waals surface area contributed by atoms with Crippen molar-refractivity contribution in [3.63, 3.8) is 0 Å². The van der Waals surface area contributed by atoms with Gasteiger partial charge < -0.3 is 15.0 Å². The van der Waals surface area contributed by atoms with Crippen LogP contribution in [0.3, 0.4) is 0 Å². The van der Waals surface area contributed by atoms with Crippen molar-refractivity contribution in [1.29, 1.82) is 0 Å². The zero-order valence-electron chi connectivity index (χ0n) is 11.4. The van der Waals surface area contributed by atoms with E-state index in [0.29, 0.717) is 24.0 Å². The minimum Gasteiger partial charge on any atom is -0.487 e. The second-order valence-corrected chi connectivity index (χ2v) is 5.28. The smallest absolute Gasteiger partial charge is 0.130 e. The fourth-order valence-corrected chi connectivity index (χ4v) is 2.28. The number of imidazole rings is 1. The monoisotopic (exact) mass is 275 g/mol. The molecule has 106 valence electrons. The summed E-state index contributed by atoms with van der Waals surface area (Å²) in [4.78, 5) is 4.17. The van der Waals surface area contributed by atoms with E-state index in [-0.39, 0.29) is 11.9 Å². The first-order valence-electron chi connectivity index (χ1n) is 6.83. The average molecular weight is 275 g/mol. The Balaban J connectivity index is 1.76. The molecule has 5 heteroatoms. The zero-order chi connectivity index (χ0) is 14.1. The molecule has 0 bridgehead atoms. The van der Waals surface area contributed by atoms with Crippen LogP contribution in [0.2, 0.25) is 0 Å². The highest BCUT2D eigenvalue weighted by atomic mass is 19.1. The number of hydrogen-bond donors (Lipinski definition) is 1. The summed E-state index contributed by atoms with van der Waals surface area (Å²) in [5.41, 5.74) is 7.57. The number of ether oxygens (including phenoxy) is 1. The lowest BCUT2D eigenvalue weighted by Gasteiger charge is -2.14. The van der Waals surface area contributed by atoms with Gasteiger partial charge in [0.1, 0.15) is 18.2 Å². The molecule has 0 amide bonds. The van der Waals surface area contributed by atoms with E-state index in [0.717, 1.165) is 5.69 Å². The fraction of sp³-hybridized carbons (Fsp3) is 0.400. The number of rotatable bonds is 5. The lowest BCUT2D eigenvalue weighted by molar-refractivity contribution is 0.290.